The number of anilines is 2. The van der Waals surface area contributed by atoms with E-state index in [1.807, 2.05) is 18.2 Å². The first-order valence-corrected chi connectivity index (χ1v) is 4.79. The first kappa shape index (κ1) is 9.08. The van der Waals surface area contributed by atoms with Crippen LogP contribution in [0.2, 0.25) is 0 Å². The normalized spacial score (nSPS) is 9.79. The van der Waals surface area contributed by atoms with Gasteiger partial charge in [-0.05, 0) is 28.1 Å². The average molecular weight is 251 g/mol. The second-order valence-corrected chi connectivity index (χ2v) is 3.37. The minimum Gasteiger partial charge on any atom is -0.324 e. The Bertz CT molecular complexity index is 418. The lowest BCUT2D eigenvalue weighted by Gasteiger charge is -2.02. The van der Waals surface area contributed by atoms with Crippen LogP contribution in [0.3, 0.4) is 0 Å². The molecule has 0 unspecified atom stereocenters. The summed E-state index contributed by atoms with van der Waals surface area (Å²) in [7, 11) is 0. The number of aromatic nitrogens is 3. The molecule has 14 heavy (non-hydrogen) atoms. The van der Waals surface area contributed by atoms with Gasteiger partial charge in [0.2, 0.25) is 0 Å². The molecule has 0 amide bonds. The molecule has 2 heterocycles. The molecule has 0 saturated heterocycles. The van der Waals surface area contributed by atoms with Gasteiger partial charge in [-0.25, -0.2) is 9.97 Å². The molecule has 1 N–H and O–H groups in total. The predicted molar refractivity (Wildman–Crippen MR) is 57.3 cm³/mol. The van der Waals surface area contributed by atoms with Crippen molar-refractivity contribution in [3.63, 3.8) is 0 Å². The van der Waals surface area contributed by atoms with Crippen molar-refractivity contribution >= 4 is 27.6 Å². The van der Waals surface area contributed by atoms with E-state index in [0.29, 0.717) is 5.82 Å². The summed E-state index contributed by atoms with van der Waals surface area (Å²) >= 11 is 3.29. The Morgan fingerprint density at radius 1 is 1.14 bits per heavy atom. The Labute approximate surface area is 89.6 Å². The lowest BCUT2D eigenvalue weighted by molar-refractivity contribution is 1.17. The zero-order valence-corrected chi connectivity index (χ0v) is 8.77. The number of pyridine rings is 1. The third kappa shape index (κ3) is 2.26. The Morgan fingerprint density at radius 3 is 2.79 bits per heavy atom. The largest absolute Gasteiger partial charge is 0.324 e. The van der Waals surface area contributed by atoms with Crippen molar-refractivity contribution in [3.05, 3.63) is 41.4 Å². The van der Waals surface area contributed by atoms with Crippen LogP contribution in [0.1, 0.15) is 0 Å². The molecule has 0 spiro atoms. The predicted octanol–water partition coefficient (Wildman–Crippen LogP) is 2.38. The Hall–Kier alpha value is -1.49. The second kappa shape index (κ2) is 4.15. The summed E-state index contributed by atoms with van der Waals surface area (Å²) < 4.78 is 0.784. The summed E-state index contributed by atoms with van der Waals surface area (Å²) in [5.74, 6) is 1.41. The van der Waals surface area contributed by atoms with E-state index in [-0.39, 0.29) is 0 Å². The van der Waals surface area contributed by atoms with Gasteiger partial charge in [0.05, 0.1) is 6.20 Å². The Morgan fingerprint density at radius 2 is 2.07 bits per heavy atom. The highest BCUT2D eigenvalue weighted by Crippen LogP contribution is 2.13. The molecule has 0 fully saturated rings. The quantitative estimate of drug-likeness (QED) is 0.832. The summed E-state index contributed by atoms with van der Waals surface area (Å²) in [4.78, 5) is 12.2. The number of nitrogens with zero attached hydrogens (tertiary/aromatic N) is 3. The van der Waals surface area contributed by atoms with Gasteiger partial charge < -0.3 is 5.32 Å². The lowest BCUT2D eigenvalue weighted by atomic mass is 10.4. The lowest BCUT2D eigenvalue weighted by Crippen LogP contribution is -1.95. The highest BCUT2D eigenvalue weighted by atomic mass is 79.9. The van der Waals surface area contributed by atoms with Crippen LogP contribution in [0, 0.1) is 0 Å². The first-order valence-electron chi connectivity index (χ1n) is 4.00. The molecule has 4 nitrogen and oxygen atoms in total. The highest BCUT2D eigenvalue weighted by molar-refractivity contribution is 9.10. The summed E-state index contributed by atoms with van der Waals surface area (Å²) in [5.41, 5.74) is 0. The number of rotatable bonds is 2. The molecule has 0 aliphatic heterocycles. The number of nitrogens with one attached hydrogen (secondary N) is 1. The standard InChI is InChI=1S/C9H7BrN4/c10-7-2-1-3-8(13-7)14-9-6-11-4-5-12-9/h1-6H,(H,12,13,14). The molecule has 0 aliphatic rings. The van der Waals surface area contributed by atoms with E-state index < -0.39 is 0 Å². The monoisotopic (exact) mass is 250 g/mol. The van der Waals surface area contributed by atoms with Crippen LogP contribution in [0.15, 0.2) is 41.4 Å². The van der Waals surface area contributed by atoms with Crippen LogP contribution in [0.25, 0.3) is 0 Å². The van der Waals surface area contributed by atoms with Crippen molar-refractivity contribution in [2.75, 3.05) is 5.32 Å². The molecular formula is C9H7BrN4. The smallest absolute Gasteiger partial charge is 0.150 e. The molecule has 0 saturated carbocycles. The van der Waals surface area contributed by atoms with E-state index in [1.54, 1.807) is 18.6 Å². The van der Waals surface area contributed by atoms with Crippen molar-refractivity contribution in [2.24, 2.45) is 0 Å². The van der Waals surface area contributed by atoms with E-state index in [0.717, 1.165) is 10.4 Å². The van der Waals surface area contributed by atoms with Crippen LogP contribution in [-0.2, 0) is 0 Å². The van der Waals surface area contributed by atoms with Crippen molar-refractivity contribution in [1.82, 2.24) is 15.0 Å². The van der Waals surface area contributed by atoms with Gasteiger partial charge in [-0.15, -0.1) is 0 Å². The molecular weight excluding hydrogens is 244 g/mol. The average Bonchev–Trinajstić information content (AvgIpc) is 2.19. The van der Waals surface area contributed by atoms with E-state index in [4.69, 9.17) is 0 Å². The fourth-order valence-corrected chi connectivity index (χ4v) is 1.32. The van der Waals surface area contributed by atoms with Crippen molar-refractivity contribution < 1.29 is 0 Å². The zero-order chi connectivity index (χ0) is 9.80. The summed E-state index contributed by atoms with van der Waals surface area (Å²) in [5, 5.41) is 3.03. The van der Waals surface area contributed by atoms with E-state index in [1.165, 1.54) is 0 Å². The van der Waals surface area contributed by atoms with Crippen LogP contribution >= 0.6 is 15.9 Å². The van der Waals surface area contributed by atoms with Crippen LogP contribution < -0.4 is 5.32 Å². The van der Waals surface area contributed by atoms with Crippen LogP contribution in [0.5, 0.6) is 0 Å². The fourth-order valence-electron chi connectivity index (χ4n) is 0.973. The summed E-state index contributed by atoms with van der Waals surface area (Å²) in [6, 6.07) is 5.62. The molecule has 2 rings (SSSR count). The van der Waals surface area contributed by atoms with Crippen molar-refractivity contribution in [3.8, 4) is 0 Å². The van der Waals surface area contributed by atoms with Gasteiger partial charge in [0.1, 0.15) is 16.2 Å². The fraction of sp³-hybridized carbons (Fsp3) is 0. The van der Waals surface area contributed by atoms with Crippen LogP contribution in [0.4, 0.5) is 11.6 Å². The molecule has 2 aromatic rings. The maximum Gasteiger partial charge on any atom is 0.150 e. The van der Waals surface area contributed by atoms with E-state index in [2.05, 4.69) is 36.2 Å². The minimum absolute atomic E-state index is 0.679. The Kier molecular flexibility index (Phi) is 2.69. The first-order chi connectivity index (χ1) is 6.84. The molecule has 5 heteroatoms. The van der Waals surface area contributed by atoms with Gasteiger partial charge in [0, 0.05) is 12.4 Å². The van der Waals surface area contributed by atoms with E-state index >= 15 is 0 Å². The highest BCUT2D eigenvalue weighted by Gasteiger charge is 1.96. The van der Waals surface area contributed by atoms with Crippen molar-refractivity contribution in [1.29, 1.82) is 0 Å². The zero-order valence-electron chi connectivity index (χ0n) is 7.18. The maximum atomic E-state index is 4.21. The van der Waals surface area contributed by atoms with Gasteiger partial charge in [0.25, 0.3) is 0 Å². The van der Waals surface area contributed by atoms with Crippen molar-refractivity contribution in [2.45, 2.75) is 0 Å². The molecule has 0 radical (unpaired) electrons. The summed E-state index contributed by atoms with van der Waals surface area (Å²) in [6.45, 7) is 0. The number of hydrogen-bond donors (Lipinski definition) is 1. The molecule has 70 valence electrons. The summed E-state index contributed by atoms with van der Waals surface area (Å²) in [6.07, 6.45) is 4.89. The second-order valence-electron chi connectivity index (χ2n) is 2.56. The van der Waals surface area contributed by atoms with Crippen LogP contribution in [-0.4, -0.2) is 15.0 Å². The van der Waals surface area contributed by atoms with Gasteiger partial charge in [-0.2, -0.15) is 0 Å². The molecule has 2 aromatic heterocycles. The third-order valence-corrected chi connectivity index (χ3v) is 1.98. The Balaban J connectivity index is 2.19. The SMILES string of the molecule is Brc1cccc(Nc2cnccn2)n1. The van der Waals surface area contributed by atoms with Gasteiger partial charge >= 0.3 is 0 Å². The van der Waals surface area contributed by atoms with Gasteiger partial charge in [-0.1, -0.05) is 6.07 Å². The number of hydrogen-bond acceptors (Lipinski definition) is 4. The molecule has 0 bridgehead atoms. The molecule has 0 aliphatic carbocycles. The minimum atomic E-state index is 0.679. The van der Waals surface area contributed by atoms with E-state index in [9.17, 15) is 0 Å². The van der Waals surface area contributed by atoms with Gasteiger partial charge in [0.15, 0.2) is 0 Å². The molecule has 0 aromatic carbocycles. The molecule has 0 atom stereocenters. The topological polar surface area (TPSA) is 50.7 Å². The number of halogens is 1. The van der Waals surface area contributed by atoms with Gasteiger partial charge in [-0.3, -0.25) is 4.98 Å². The third-order valence-electron chi connectivity index (χ3n) is 1.53. The maximum absolute atomic E-state index is 4.21.